The Morgan fingerprint density at radius 3 is 2.32 bits per heavy atom. The first kappa shape index (κ1) is 26.5. The normalized spacial score (nSPS) is 16.5. The van der Waals surface area contributed by atoms with Gasteiger partial charge in [-0.05, 0) is 30.2 Å². The highest BCUT2D eigenvalue weighted by atomic mass is 35.5. The van der Waals surface area contributed by atoms with Crippen LogP contribution in [0.1, 0.15) is 6.42 Å². The molecule has 3 heterocycles. The predicted molar refractivity (Wildman–Crippen MR) is 151 cm³/mol. The van der Waals surface area contributed by atoms with E-state index in [1.807, 2.05) is 34.1 Å². The van der Waals surface area contributed by atoms with Crippen LogP contribution in [-0.4, -0.2) is 87.5 Å². The third kappa shape index (κ3) is 5.23. The molecule has 0 radical (unpaired) electrons. The number of carbonyl (C=O) groups is 1. The van der Waals surface area contributed by atoms with E-state index in [-0.39, 0.29) is 6.03 Å². The monoisotopic (exact) mass is 559 g/mol. The molecule has 0 atom stereocenters. The Labute approximate surface area is 231 Å². The number of aromatic nitrogens is 1. The number of nitrogen functional groups attached to an aromatic ring is 1. The van der Waals surface area contributed by atoms with E-state index in [0.29, 0.717) is 84.2 Å². The van der Waals surface area contributed by atoms with Gasteiger partial charge in [0, 0.05) is 78.1 Å². The van der Waals surface area contributed by atoms with Crippen molar-refractivity contribution in [2.24, 2.45) is 0 Å². The average Bonchev–Trinajstić information content (AvgIpc) is 3.18. The molecule has 38 heavy (non-hydrogen) atoms. The fourth-order valence-electron chi connectivity index (χ4n) is 5.16. The number of urea groups is 1. The van der Waals surface area contributed by atoms with E-state index >= 15 is 0 Å². The molecule has 0 aliphatic carbocycles. The lowest BCUT2D eigenvalue weighted by Gasteiger charge is -2.32. The zero-order valence-electron chi connectivity index (χ0n) is 21.5. The van der Waals surface area contributed by atoms with Crippen molar-refractivity contribution in [1.82, 2.24) is 14.8 Å². The minimum Gasteiger partial charge on any atom is -0.493 e. The lowest BCUT2D eigenvalue weighted by Crippen LogP contribution is -2.49. The van der Waals surface area contributed by atoms with Crippen LogP contribution in [-0.2, 0) is 4.74 Å². The quantitative estimate of drug-likeness (QED) is 0.491. The number of anilines is 2. The minimum absolute atomic E-state index is 0.0720. The van der Waals surface area contributed by atoms with E-state index < -0.39 is 0 Å². The summed E-state index contributed by atoms with van der Waals surface area (Å²) in [5.41, 5.74) is 9.35. The number of halogens is 2. The molecule has 0 saturated carbocycles. The van der Waals surface area contributed by atoms with Crippen molar-refractivity contribution in [3.05, 3.63) is 40.4 Å². The number of nitrogens with zero attached hydrogens (tertiary/aromatic N) is 4. The first-order chi connectivity index (χ1) is 18.4. The lowest BCUT2D eigenvalue weighted by atomic mass is 9.97. The molecule has 2 amide bonds. The van der Waals surface area contributed by atoms with Crippen molar-refractivity contribution in [1.29, 1.82) is 0 Å². The van der Waals surface area contributed by atoms with Gasteiger partial charge in [-0.2, -0.15) is 0 Å². The van der Waals surface area contributed by atoms with Gasteiger partial charge in [0.2, 0.25) is 0 Å². The third-order valence-electron chi connectivity index (χ3n) is 6.98. The van der Waals surface area contributed by atoms with E-state index in [1.165, 1.54) is 0 Å². The summed E-state index contributed by atoms with van der Waals surface area (Å²) >= 11 is 12.7. The number of morpholine rings is 1. The summed E-state index contributed by atoms with van der Waals surface area (Å²) in [7, 11) is 3.17. The van der Waals surface area contributed by atoms with Crippen LogP contribution in [0.2, 0.25) is 10.0 Å². The van der Waals surface area contributed by atoms with Crippen molar-refractivity contribution >= 4 is 51.6 Å². The molecule has 5 rings (SSSR count). The van der Waals surface area contributed by atoms with Crippen molar-refractivity contribution in [2.75, 3.05) is 77.3 Å². The first-order valence-corrected chi connectivity index (χ1v) is 13.3. The van der Waals surface area contributed by atoms with Crippen molar-refractivity contribution < 1.29 is 19.0 Å². The van der Waals surface area contributed by atoms with Gasteiger partial charge in [0.15, 0.2) is 11.5 Å². The van der Waals surface area contributed by atoms with E-state index in [0.717, 1.165) is 29.7 Å². The van der Waals surface area contributed by atoms with Crippen LogP contribution in [0, 0.1) is 0 Å². The van der Waals surface area contributed by atoms with Crippen molar-refractivity contribution in [2.45, 2.75) is 6.42 Å². The van der Waals surface area contributed by atoms with Crippen LogP contribution in [0.5, 0.6) is 11.5 Å². The molecule has 0 spiro atoms. The number of carbonyl (C=O) groups excluding carboxylic acids is 1. The maximum atomic E-state index is 13.0. The number of pyridine rings is 1. The maximum Gasteiger partial charge on any atom is 0.320 e. The topological polar surface area (TPSA) is 93.4 Å². The summed E-state index contributed by atoms with van der Waals surface area (Å²) in [6.45, 7) is 5.15. The number of methoxy groups -OCH3 is 2. The fraction of sp³-hybridized carbons (Fsp3) is 0.407. The van der Waals surface area contributed by atoms with Gasteiger partial charge in [-0.25, -0.2) is 9.78 Å². The fourth-order valence-corrected chi connectivity index (χ4v) is 5.68. The number of ether oxygens (including phenoxy) is 3. The molecule has 3 aromatic rings. The summed E-state index contributed by atoms with van der Waals surface area (Å²) in [5.74, 6) is 1.79. The Morgan fingerprint density at radius 1 is 0.921 bits per heavy atom. The molecule has 9 nitrogen and oxygen atoms in total. The van der Waals surface area contributed by atoms with Crippen LogP contribution in [0.25, 0.3) is 22.0 Å². The largest absolute Gasteiger partial charge is 0.493 e. The van der Waals surface area contributed by atoms with Crippen LogP contribution < -0.4 is 20.1 Å². The Morgan fingerprint density at radius 2 is 1.63 bits per heavy atom. The summed E-state index contributed by atoms with van der Waals surface area (Å²) in [4.78, 5) is 24.0. The van der Waals surface area contributed by atoms with E-state index in [2.05, 4.69) is 4.90 Å². The first-order valence-electron chi connectivity index (χ1n) is 12.6. The maximum absolute atomic E-state index is 13.0. The lowest BCUT2D eigenvalue weighted by molar-refractivity contribution is 0.0438. The minimum atomic E-state index is 0.0720. The highest BCUT2D eigenvalue weighted by Gasteiger charge is 2.27. The molecule has 2 aromatic carbocycles. The molecule has 2 saturated heterocycles. The van der Waals surface area contributed by atoms with Gasteiger partial charge in [-0.15, -0.1) is 0 Å². The highest BCUT2D eigenvalue weighted by Crippen LogP contribution is 2.47. The van der Waals surface area contributed by atoms with Crippen LogP contribution in [0.15, 0.2) is 30.3 Å². The second kappa shape index (κ2) is 11.3. The Hall–Kier alpha value is -3.14. The summed E-state index contributed by atoms with van der Waals surface area (Å²) in [6.07, 6.45) is 0.827. The molecule has 2 aliphatic rings. The smallest absolute Gasteiger partial charge is 0.320 e. The van der Waals surface area contributed by atoms with Crippen LogP contribution in [0.4, 0.5) is 16.3 Å². The molecule has 2 aliphatic heterocycles. The van der Waals surface area contributed by atoms with E-state index in [9.17, 15) is 4.79 Å². The van der Waals surface area contributed by atoms with Gasteiger partial charge in [0.25, 0.3) is 0 Å². The molecular formula is C27H31Cl2N5O4. The molecule has 2 N–H and O–H groups in total. The molecule has 0 unspecified atom stereocenters. The molecule has 202 valence electrons. The second-order valence-electron chi connectivity index (χ2n) is 9.32. The number of rotatable bonds is 4. The summed E-state index contributed by atoms with van der Waals surface area (Å²) in [6, 6.07) is 9.08. The van der Waals surface area contributed by atoms with Gasteiger partial charge < -0.3 is 34.6 Å². The Bertz CT molecular complexity index is 1330. The number of hydrogen-bond donors (Lipinski definition) is 1. The van der Waals surface area contributed by atoms with Crippen molar-refractivity contribution in [3.8, 4) is 22.6 Å². The Kier molecular flexibility index (Phi) is 7.88. The number of hydrogen-bond acceptors (Lipinski definition) is 7. The zero-order valence-corrected chi connectivity index (χ0v) is 23.0. The van der Waals surface area contributed by atoms with Crippen LogP contribution in [0.3, 0.4) is 0 Å². The zero-order chi connectivity index (χ0) is 26.8. The van der Waals surface area contributed by atoms with E-state index in [4.69, 9.17) is 48.1 Å². The average molecular weight is 560 g/mol. The standard InChI is InChI=1S/C27H31Cl2N5O4/c1-36-22-16-21-25(24(26(22)37-2)17-12-18(28)14-19(29)13-17)20(30)15-23(31-21)32-4-3-5-33(7-6-32)27(35)34-8-10-38-11-9-34/h12-16H,3-11H2,1-2H3,(H2,30,31). The molecule has 2 fully saturated rings. The summed E-state index contributed by atoms with van der Waals surface area (Å²) < 4.78 is 16.8. The molecule has 0 bridgehead atoms. The Balaban J connectivity index is 1.50. The SMILES string of the molecule is COc1cc2nc(N3CCCN(C(=O)N4CCOCC4)CC3)cc(N)c2c(-c2cc(Cl)cc(Cl)c2)c1OC. The van der Waals surface area contributed by atoms with Gasteiger partial charge in [0.05, 0.1) is 33.0 Å². The van der Waals surface area contributed by atoms with Crippen molar-refractivity contribution in [3.63, 3.8) is 0 Å². The molecule has 11 heteroatoms. The van der Waals surface area contributed by atoms with Gasteiger partial charge >= 0.3 is 6.03 Å². The summed E-state index contributed by atoms with van der Waals surface area (Å²) in [5, 5.41) is 1.72. The third-order valence-corrected chi connectivity index (χ3v) is 7.42. The van der Waals surface area contributed by atoms with E-state index in [1.54, 1.807) is 20.3 Å². The predicted octanol–water partition coefficient (Wildman–Crippen LogP) is 4.77. The number of benzene rings is 2. The highest BCUT2D eigenvalue weighted by molar-refractivity contribution is 6.35. The molecular weight excluding hydrogens is 529 g/mol. The number of nitrogens with two attached hydrogens (primary N) is 1. The van der Waals surface area contributed by atoms with Gasteiger partial charge in [-0.3, -0.25) is 0 Å². The number of amides is 2. The number of fused-ring (bicyclic) bond motifs is 1. The van der Waals surface area contributed by atoms with Gasteiger partial charge in [0.1, 0.15) is 5.82 Å². The van der Waals surface area contributed by atoms with Gasteiger partial charge in [-0.1, -0.05) is 23.2 Å². The second-order valence-corrected chi connectivity index (χ2v) is 10.2. The molecule has 1 aromatic heterocycles. The van der Waals surface area contributed by atoms with Crippen LogP contribution >= 0.6 is 23.2 Å².